The highest BCUT2D eigenvalue weighted by Gasteiger charge is 2.22. The Bertz CT molecular complexity index is 3420. The summed E-state index contributed by atoms with van der Waals surface area (Å²) in [7, 11) is 0. The van der Waals surface area contributed by atoms with E-state index in [0.717, 1.165) is 61.0 Å². The van der Waals surface area contributed by atoms with Gasteiger partial charge in [-0.1, -0.05) is 170 Å². The molecule has 9 aromatic rings. The van der Waals surface area contributed by atoms with E-state index in [1.807, 2.05) is 36.4 Å². The summed E-state index contributed by atoms with van der Waals surface area (Å²) in [6, 6.07) is 60.3. The summed E-state index contributed by atoms with van der Waals surface area (Å²) in [6.07, 6.45) is 5.70. The van der Waals surface area contributed by atoms with Gasteiger partial charge in [0.1, 0.15) is 0 Å². The van der Waals surface area contributed by atoms with Crippen molar-refractivity contribution in [2.75, 3.05) is 0 Å². The number of aliphatic hydroxyl groups is 4. The van der Waals surface area contributed by atoms with Crippen LogP contribution in [0.4, 0.5) is 0 Å². The third kappa shape index (κ3) is 6.59. The van der Waals surface area contributed by atoms with Gasteiger partial charge in [-0.25, -0.2) is 0 Å². The fourth-order valence-electron chi connectivity index (χ4n) is 9.24. The van der Waals surface area contributed by atoms with E-state index in [-0.39, 0.29) is 5.92 Å². The van der Waals surface area contributed by atoms with Crippen molar-refractivity contribution in [3.63, 3.8) is 0 Å². The molecule has 0 amide bonds. The minimum absolute atomic E-state index is 0.219. The number of hydrogen-bond acceptors (Lipinski definition) is 4. The minimum atomic E-state index is -0.885. The lowest BCUT2D eigenvalue weighted by molar-refractivity contribution is 0.263. The molecule has 0 fully saturated rings. The molecule has 1 aliphatic rings. The molecular weight excluding hydrogens is 749 g/mol. The lowest BCUT2D eigenvalue weighted by Crippen LogP contribution is -2.27. The van der Waals surface area contributed by atoms with Gasteiger partial charge in [-0.15, -0.1) is 0 Å². The first kappa shape index (κ1) is 37.5. The van der Waals surface area contributed by atoms with Crippen molar-refractivity contribution < 1.29 is 20.4 Å². The Morgan fingerprint density at radius 1 is 0.475 bits per heavy atom. The SMILES string of the molecule is C=C(O)/C(O)=C(O)\C(O)=C(/C)c1c2ccccc2c(-c2ccc3cccc(-c4cc(-c5ccc6ccccc6c5)cc(C5C=c6ccccc6=CC5)c4)c3c2)c2ccccc12. The van der Waals surface area contributed by atoms with Crippen LogP contribution in [0.3, 0.4) is 0 Å². The van der Waals surface area contributed by atoms with Gasteiger partial charge in [-0.3, -0.25) is 0 Å². The lowest BCUT2D eigenvalue weighted by atomic mass is 9.84. The van der Waals surface area contributed by atoms with Crippen molar-refractivity contribution in [1.29, 1.82) is 0 Å². The van der Waals surface area contributed by atoms with Crippen LogP contribution >= 0.6 is 0 Å². The van der Waals surface area contributed by atoms with Gasteiger partial charge in [0.2, 0.25) is 11.5 Å². The van der Waals surface area contributed by atoms with Crippen LogP contribution in [-0.4, -0.2) is 20.4 Å². The van der Waals surface area contributed by atoms with E-state index in [9.17, 15) is 20.4 Å². The molecule has 0 aromatic heterocycles. The summed E-state index contributed by atoms with van der Waals surface area (Å²) in [5.74, 6) is -2.81. The number of rotatable bonds is 7. The van der Waals surface area contributed by atoms with E-state index in [1.165, 1.54) is 37.9 Å². The van der Waals surface area contributed by atoms with Crippen molar-refractivity contribution in [1.82, 2.24) is 0 Å². The molecule has 0 aliphatic heterocycles. The lowest BCUT2D eigenvalue weighted by Gasteiger charge is -2.20. The topological polar surface area (TPSA) is 80.9 Å². The summed E-state index contributed by atoms with van der Waals surface area (Å²) in [6.45, 7) is 4.99. The molecule has 4 N–H and O–H groups in total. The van der Waals surface area contributed by atoms with E-state index in [0.29, 0.717) is 11.1 Å². The molecule has 4 nitrogen and oxygen atoms in total. The third-order valence-corrected chi connectivity index (χ3v) is 12.3. The number of allylic oxidation sites excluding steroid dienone is 1. The van der Waals surface area contributed by atoms with Crippen molar-refractivity contribution in [3.8, 4) is 33.4 Å². The van der Waals surface area contributed by atoms with Crippen molar-refractivity contribution in [2.45, 2.75) is 19.3 Å². The Balaban J connectivity index is 1.19. The average molecular weight is 791 g/mol. The molecule has 294 valence electrons. The predicted molar refractivity (Wildman–Crippen MR) is 254 cm³/mol. The summed E-state index contributed by atoms with van der Waals surface area (Å²) in [5.41, 5.74) is 9.05. The molecule has 1 unspecified atom stereocenters. The largest absolute Gasteiger partial charge is 0.505 e. The van der Waals surface area contributed by atoms with Crippen LogP contribution in [0, 0.1) is 0 Å². The second-order valence-electron chi connectivity index (χ2n) is 15.9. The summed E-state index contributed by atoms with van der Waals surface area (Å²) in [5, 5.41) is 52.9. The smallest absolute Gasteiger partial charge is 0.204 e. The van der Waals surface area contributed by atoms with Gasteiger partial charge in [0, 0.05) is 11.5 Å². The van der Waals surface area contributed by atoms with E-state index >= 15 is 0 Å². The van der Waals surface area contributed by atoms with Crippen molar-refractivity contribution in [2.24, 2.45) is 0 Å². The average Bonchev–Trinajstić information content (AvgIpc) is 3.31. The monoisotopic (exact) mass is 790 g/mol. The van der Waals surface area contributed by atoms with Crippen LogP contribution in [0.25, 0.3) is 94.2 Å². The van der Waals surface area contributed by atoms with E-state index < -0.39 is 23.0 Å². The first-order valence-corrected chi connectivity index (χ1v) is 20.5. The third-order valence-electron chi connectivity index (χ3n) is 12.3. The first-order chi connectivity index (χ1) is 29.7. The van der Waals surface area contributed by atoms with Crippen LogP contribution in [0.2, 0.25) is 0 Å². The zero-order valence-corrected chi connectivity index (χ0v) is 33.6. The van der Waals surface area contributed by atoms with Crippen LogP contribution in [-0.2, 0) is 0 Å². The van der Waals surface area contributed by atoms with Gasteiger partial charge in [-0.05, 0) is 130 Å². The van der Waals surface area contributed by atoms with Gasteiger partial charge in [-0.2, -0.15) is 0 Å². The van der Waals surface area contributed by atoms with Gasteiger partial charge in [0.25, 0.3) is 0 Å². The molecule has 0 bridgehead atoms. The molecule has 0 radical (unpaired) electrons. The van der Waals surface area contributed by atoms with Crippen molar-refractivity contribution in [3.05, 3.63) is 221 Å². The van der Waals surface area contributed by atoms with Gasteiger partial charge >= 0.3 is 0 Å². The standard InChI is InChI=1S/C57H42O4/c1-34(55(59)57(61)56(60)35(2)58)53-48-17-7-9-19-50(48)54(51-20-10-8-18-49(51)53)43-27-24-38-16-11-21-47(52(38)33-43)46-31-44(41-25-22-36-12-3-5-14-39(36)28-41)30-45(32-46)42-26-23-37-13-4-6-15-40(37)29-42/h3-25,27-33,42,58-61H,2,26H2,1H3/b55-34-,57-56-. The van der Waals surface area contributed by atoms with Crippen LogP contribution < -0.4 is 10.4 Å². The Morgan fingerprint density at radius 2 is 1.08 bits per heavy atom. The predicted octanol–water partition coefficient (Wildman–Crippen LogP) is 13.7. The zero-order valence-electron chi connectivity index (χ0n) is 33.6. The van der Waals surface area contributed by atoms with Crippen molar-refractivity contribution >= 4 is 60.8 Å². The summed E-state index contributed by atoms with van der Waals surface area (Å²) >= 11 is 0. The second kappa shape index (κ2) is 15.1. The van der Waals surface area contributed by atoms with Crippen LogP contribution in [0.15, 0.2) is 199 Å². The maximum absolute atomic E-state index is 11.3. The molecule has 0 saturated heterocycles. The zero-order chi connectivity index (χ0) is 41.8. The second-order valence-corrected chi connectivity index (χ2v) is 15.9. The van der Waals surface area contributed by atoms with Gasteiger partial charge < -0.3 is 20.4 Å². The molecule has 1 atom stereocenters. The maximum Gasteiger partial charge on any atom is 0.204 e. The Kier molecular flexibility index (Phi) is 9.26. The Morgan fingerprint density at radius 3 is 1.82 bits per heavy atom. The van der Waals surface area contributed by atoms with E-state index in [2.05, 4.69) is 152 Å². The highest BCUT2D eigenvalue weighted by molar-refractivity contribution is 6.19. The van der Waals surface area contributed by atoms with Crippen LogP contribution in [0.1, 0.15) is 30.4 Å². The summed E-state index contributed by atoms with van der Waals surface area (Å²) < 4.78 is 0. The van der Waals surface area contributed by atoms with Crippen LogP contribution in [0.5, 0.6) is 0 Å². The molecule has 0 heterocycles. The Labute approximate surface area is 353 Å². The number of benzene rings is 9. The molecule has 10 rings (SSSR count). The van der Waals surface area contributed by atoms with E-state index in [1.54, 1.807) is 6.92 Å². The van der Waals surface area contributed by atoms with E-state index in [4.69, 9.17) is 0 Å². The van der Waals surface area contributed by atoms with Gasteiger partial charge in [0.15, 0.2) is 11.5 Å². The quantitative estimate of drug-likeness (QED) is 0.0736. The maximum atomic E-state index is 11.3. The molecular formula is C57H42O4. The number of aliphatic hydroxyl groups excluding tert-OH is 4. The molecule has 0 spiro atoms. The number of fused-ring (bicyclic) bond motifs is 5. The highest BCUT2D eigenvalue weighted by Crippen LogP contribution is 2.45. The Hall–Kier alpha value is -7.82. The molecule has 1 aliphatic carbocycles. The fourth-order valence-corrected chi connectivity index (χ4v) is 9.24. The van der Waals surface area contributed by atoms with Gasteiger partial charge in [0.05, 0.1) is 0 Å². The number of hydrogen-bond donors (Lipinski definition) is 4. The highest BCUT2D eigenvalue weighted by atomic mass is 16.4. The first-order valence-electron chi connectivity index (χ1n) is 20.5. The molecule has 4 heteroatoms. The minimum Gasteiger partial charge on any atom is -0.505 e. The normalized spacial score (nSPS) is 14.5. The molecule has 9 aromatic carbocycles. The fraction of sp³-hybridized carbons (Fsp3) is 0.0526. The summed E-state index contributed by atoms with van der Waals surface area (Å²) in [4.78, 5) is 0. The molecule has 0 saturated carbocycles. The molecule has 61 heavy (non-hydrogen) atoms.